The van der Waals surface area contributed by atoms with Gasteiger partial charge in [0.05, 0.1) is 0 Å². The molecule has 5 heteroatoms. The number of nitrogens with zero attached hydrogens (tertiary/aromatic N) is 2. The molecule has 0 fully saturated rings. The Balaban J connectivity index is 2.71. The number of aryl methyl sites for hydroxylation is 1. The maximum atomic E-state index is 10.4. The number of carboxylic acid groups (broad SMARTS) is 1. The van der Waals surface area contributed by atoms with Gasteiger partial charge >= 0.3 is 5.97 Å². The molecule has 0 amide bonds. The van der Waals surface area contributed by atoms with Crippen molar-refractivity contribution in [2.24, 2.45) is 5.92 Å². The van der Waals surface area contributed by atoms with E-state index in [0.717, 1.165) is 6.42 Å². The van der Waals surface area contributed by atoms with Gasteiger partial charge in [0.15, 0.2) is 0 Å². The van der Waals surface area contributed by atoms with Crippen molar-refractivity contribution in [3.8, 4) is 0 Å². The molecule has 0 saturated heterocycles. The largest absolute Gasteiger partial charge is 0.481 e. The zero-order chi connectivity index (χ0) is 12.1. The van der Waals surface area contributed by atoms with Gasteiger partial charge in [-0.25, -0.2) is 9.97 Å². The minimum Gasteiger partial charge on any atom is -0.481 e. The first-order chi connectivity index (χ1) is 7.49. The van der Waals surface area contributed by atoms with Crippen molar-refractivity contribution in [1.82, 2.24) is 9.97 Å². The highest BCUT2D eigenvalue weighted by molar-refractivity contribution is 6.30. The van der Waals surface area contributed by atoms with Crippen LogP contribution in [0, 0.1) is 5.92 Å². The second kappa shape index (κ2) is 5.80. The predicted octanol–water partition coefficient (Wildman–Crippen LogP) is 2.35. The third kappa shape index (κ3) is 4.14. The summed E-state index contributed by atoms with van der Waals surface area (Å²) < 4.78 is 0. The number of hydrogen-bond acceptors (Lipinski definition) is 3. The van der Waals surface area contributed by atoms with Gasteiger partial charge < -0.3 is 5.11 Å². The molecule has 0 aliphatic heterocycles. The molecule has 88 valence electrons. The van der Waals surface area contributed by atoms with Crippen LogP contribution in [0.2, 0.25) is 5.15 Å². The van der Waals surface area contributed by atoms with Gasteiger partial charge in [-0.05, 0) is 12.3 Å². The zero-order valence-corrected chi connectivity index (χ0v) is 10.2. The Bertz CT molecular complexity index is 380. The van der Waals surface area contributed by atoms with Crippen LogP contribution in [0.25, 0.3) is 0 Å². The molecule has 0 spiro atoms. The molecule has 0 aliphatic carbocycles. The number of aliphatic carboxylic acids is 1. The Morgan fingerprint density at radius 3 is 2.75 bits per heavy atom. The Hall–Kier alpha value is -1.16. The summed E-state index contributed by atoms with van der Waals surface area (Å²) in [4.78, 5) is 18.7. The van der Waals surface area contributed by atoms with Crippen molar-refractivity contribution >= 4 is 17.6 Å². The van der Waals surface area contributed by atoms with Crippen LogP contribution in [0.15, 0.2) is 6.20 Å². The van der Waals surface area contributed by atoms with Crippen molar-refractivity contribution in [3.05, 3.63) is 22.7 Å². The highest BCUT2D eigenvalue weighted by atomic mass is 35.5. The van der Waals surface area contributed by atoms with Gasteiger partial charge in [-0.2, -0.15) is 0 Å². The first kappa shape index (κ1) is 12.9. The molecular weight excluding hydrogens is 228 g/mol. The lowest BCUT2D eigenvalue weighted by atomic mass is 10.1. The molecule has 0 aromatic carbocycles. The maximum Gasteiger partial charge on any atom is 0.303 e. The average Bonchev–Trinajstić information content (AvgIpc) is 2.15. The van der Waals surface area contributed by atoms with Crippen LogP contribution in [-0.4, -0.2) is 21.0 Å². The first-order valence-corrected chi connectivity index (χ1v) is 5.59. The van der Waals surface area contributed by atoms with Crippen molar-refractivity contribution in [2.45, 2.75) is 33.1 Å². The number of rotatable bonds is 5. The minimum atomic E-state index is -0.845. The number of halogens is 1. The molecule has 4 nitrogen and oxygen atoms in total. The van der Waals surface area contributed by atoms with Crippen molar-refractivity contribution in [3.63, 3.8) is 0 Å². The van der Waals surface area contributed by atoms with Crippen LogP contribution in [0.1, 0.15) is 31.7 Å². The summed E-state index contributed by atoms with van der Waals surface area (Å²) in [6, 6.07) is 0. The molecule has 1 N–H and O–H groups in total. The van der Waals surface area contributed by atoms with Gasteiger partial charge in [-0.3, -0.25) is 4.79 Å². The van der Waals surface area contributed by atoms with Gasteiger partial charge in [0.1, 0.15) is 11.0 Å². The second-order valence-corrected chi connectivity index (χ2v) is 4.45. The van der Waals surface area contributed by atoms with Gasteiger partial charge in [-0.1, -0.05) is 25.4 Å². The quantitative estimate of drug-likeness (QED) is 0.805. The molecule has 0 unspecified atom stereocenters. The van der Waals surface area contributed by atoms with E-state index in [1.54, 1.807) is 6.20 Å². The van der Waals surface area contributed by atoms with Crippen LogP contribution in [0.3, 0.4) is 0 Å². The predicted molar refractivity (Wildman–Crippen MR) is 61.5 cm³/mol. The molecule has 1 aromatic heterocycles. The summed E-state index contributed by atoms with van der Waals surface area (Å²) in [6.45, 7) is 4.16. The topological polar surface area (TPSA) is 63.1 Å². The summed E-state index contributed by atoms with van der Waals surface area (Å²) in [5, 5.41) is 8.92. The molecule has 0 radical (unpaired) electrons. The molecule has 16 heavy (non-hydrogen) atoms. The van der Waals surface area contributed by atoms with Crippen LogP contribution >= 0.6 is 11.6 Å². The normalized spacial score (nSPS) is 10.8. The van der Waals surface area contributed by atoms with E-state index in [4.69, 9.17) is 16.7 Å². The fourth-order valence-corrected chi connectivity index (χ4v) is 1.53. The molecule has 0 saturated carbocycles. The lowest BCUT2D eigenvalue weighted by Gasteiger charge is -2.06. The molecule has 0 bridgehead atoms. The van der Waals surface area contributed by atoms with Crippen molar-refractivity contribution in [1.29, 1.82) is 0 Å². The Morgan fingerprint density at radius 2 is 2.25 bits per heavy atom. The Kier molecular flexibility index (Phi) is 4.68. The summed E-state index contributed by atoms with van der Waals surface area (Å²) in [7, 11) is 0. The first-order valence-electron chi connectivity index (χ1n) is 5.21. The van der Waals surface area contributed by atoms with E-state index in [1.807, 2.05) is 0 Å². The molecule has 0 atom stereocenters. The van der Waals surface area contributed by atoms with Crippen LogP contribution in [0.4, 0.5) is 0 Å². The average molecular weight is 243 g/mol. The third-order valence-corrected chi connectivity index (χ3v) is 2.39. The number of aromatic nitrogens is 2. The van der Waals surface area contributed by atoms with Gasteiger partial charge in [-0.15, -0.1) is 0 Å². The second-order valence-electron chi connectivity index (χ2n) is 4.09. The summed E-state index contributed by atoms with van der Waals surface area (Å²) in [5.74, 6) is 0.335. The summed E-state index contributed by atoms with van der Waals surface area (Å²) in [5.41, 5.74) is 0.691. The van der Waals surface area contributed by atoms with Gasteiger partial charge in [0.2, 0.25) is 0 Å². The lowest BCUT2D eigenvalue weighted by Crippen LogP contribution is -2.04. The maximum absolute atomic E-state index is 10.4. The molecular formula is C11H15ClN2O2. The number of carbonyl (C=O) groups is 1. The zero-order valence-electron chi connectivity index (χ0n) is 9.40. The SMILES string of the molecule is CC(C)Cc1ncc(CCC(=O)O)c(Cl)n1. The molecule has 1 aromatic rings. The van der Waals surface area contributed by atoms with Gasteiger partial charge in [0, 0.05) is 24.6 Å². The van der Waals surface area contributed by atoms with E-state index in [2.05, 4.69) is 23.8 Å². The van der Waals surface area contributed by atoms with Crippen molar-refractivity contribution < 1.29 is 9.90 Å². The third-order valence-electron chi connectivity index (χ3n) is 2.06. The lowest BCUT2D eigenvalue weighted by molar-refractivity contribution is -0.136. The van der Waals surface area contributed by atoms with Crippen LogP contribution in [-0.2, 0) is 17.6 Å². The van der Waals surface area contributed by atoms with Crippen LogP contribution in [0.5, 0.6) is 0 Å². The van der Waals surface area contributed by atoms with Crippen LogP contribution < -0.4 is 0 Å². The highest BCUT2D eigenvalue weighted by Gasteiger charge is 2.08. The van der Waals surface area contributed by atoms with E-state index in [9.17, 15) is 4.79 Å². The Morgan fingerprint density at radius 1 is 1.56 bits per heavy atom. The van der Waals surface area contributed by atoms with E-state index in [0.29, 0.717) is 28.9 Å². The summed E-state index contributed by atoms with van der Waals surface area (Å²) >= 11 is 5.95. The van der Waals surface area contributed by atoms with E-state index in [-0.39, 0.29) is 6.42 Å². The molecule has 0 aliphatic rings. The summed E-state index contributed by atoms with van der Waals surface area (Å²) in [6.07, 6.45) is 2.82. The fraction of sp³-hybridized carbons (Fsp3) is 0.545. The standard InChI is InChI=1S/C11H15ClN2O2/c1-7(2)5-9-13-6-8(11(12)14-9)3-4-10(15)16/h6-7H,3-5H2,1-2H3,(H,15,16). The minimum absolute atomic E-state index is 0.0482. The number of hydrogen-bond donors (Lipinski definition) is 1. The van der Waals surface area contributed by atoms with Crippen molar-refractivity contribution in [2.75, 3.05) is 0 Å². The Labute approximate surface area is 99.7 Å². The monoisotopic (exact) mass is 242 g/mol. The molecule has 1 heterocycles. The van der Waals surface area contributed by atoms with E-state index in [1.165, 1.54) is 0 Å². The molecule has 1 rings (SSSR count). The number of carboxylic acids is 1. The smallest absolute Gasteiger partial charge is 0.303 e. The fourth-order valence-electron chi connectivity index (χ4n) is 1.29. The van der Waals surface area contributed by atoms with E-state index < -0.39 is 5.97 Å². The van der Waals surface area contributed by atoms with E-state index >= 15 is 0 Å². The van der Waals surface area contributed by atoms with Gasteiger partial charge in [0.25, 0.3) is 0 Å². The highest BCUT2D eigenvalue weighted by Crippen LogP contribution is 2.15.